The Kier molecular flexibility index (Phi) is 4.67. The number of aromatic nitrogens is 1. The molecule has 0 aliphatic heterocycles. The van der Waals surface area contributed by atoms with Gasteiger partial charge in [-0.15, -0.1) is 0 Å². The first kappa shape index (κ1) is 17.3. The number of pyridine rings is 1. The fraction of sp³-hybridized carbons (Fsp3) is 0.333. The minimum absolute atomic E-state index is 0.0817. The van der Waals surface area contributed by atoms with Crippen LogP contribution in [-0.4, -0.2) is 27.5 Å². The third kappa shape index (κ3) is 3.61. The van der Waals surface area contributed by atoms with Crippen molar-refractivity contribution in [3.05, 3.63) is 54.4 Å². The van der Waals surface area contributed by atoms with Crippen molar-refractivity contribution in [2.75, 3.05) is 5.32 Å². The first-order chi connectivity index (χ1) is 11.9. The van der Waals surface area contributed by atoms with Gasteiger partial charge in [-0.25, -0.2) is 0 Å². The standard InChI is InChI=1S/C18H18F2N2O3/c19-18(20,17(24)7-3-8-17)16(23)22-14-5-1-6-15(10-14)25-12-13-4-2-9-21-11-13/h1-2,4-6,9-11,24H,3,7-8,12H2,(H,22,23). The predicted octanol–water partition coefficient (Wildman–Crippen LogP) is 3.15. The van der Waals surface area contributed by atoms with Crippen molar-refractivity contribution in [1.82, 2.24) is 4.98 Å². The van der Waals surface area contributed by atoms with Gasteiger partial charge in [-0.2, -0.15) is 8.78 Å². The highest BCUT2D eigenvalue weighted by Gasteiger charge is 2.61. The molecule has 1 aromatic heterocycles. The van der Waals surface area contributed by atoms with E-state index in [0.29, 0.717) is 12.2 Å². The van der Waals surface area contributed by atoms with Crippen molar-refractivity contribution in [2.24, 2.45) is 0 Å². The SMILES string of the molecule is O=C(Nc1cccc(OCc2cccnc2)c1)C(F)(F)C1(O)CCC1. The van der Waals surface area contributed by atoms with E-state index in [-0.39, 0.29) is 25.1 Å². The zero-order valence-corrected chi connectivity index (χ0v) is 13.4. The summed E-state index contributed by atoms with van der Waals surface area (Å²) in [5, 5.41) is 12.0. The van der Waals surface area contributed by atoms with Crippen LogP contribution < -0.4 is 10.1 Å². The number of halogens is 2. The fourth-order valence-electron chi connectivity index (χ4n) is 2.56. The average molecular weight is 348 g/mol. The smallest absolute Gasteiger partial charge is 0.352 e. The lowest BCUT2D eigenvalue weighted by Gasteiger charge is -2.41. The van der Waals surface area contributed by atoms with Crippen molar-refractivity contribution in [3.8, 4) is 5.75 Å². The van der Waals surface area contributed by atoms with Gasteiger partial charge in [-0.05, 0) is 37.5 Å². The number of aliphatic hydroxyl groups is 1. The van der Waals surface area contributed by atoms with E-state index in [2.05, 4.69) is 10.3 Å². The number of carbonyl (C=O) groups is 1. The van der Waals surface area contributed by atoms with Crippen LogP contribution in [0.25, 0.3) is 0 Å². The van der Waals surface area contributed by atoms with Gasteiger partial charge in [0.05, 0.1) is 0 Å². The summed E-state index contributed by atoms with van der Waals surface area (Å²) in [5.41, 5.74) is -1.21. The number of ether oxygens (including phenoxy) is 1. The summed E-state index contributed by atoms with van der Waals surface area (Å²) in [4.78, 5) is 15.9. The van der Waals surface area contributed by atoms with Crippen LogP contribution >= 0.6 is 0 Å². The molecule has 1 saturated carbocycles. The van der Waals surface area contributed by atoms with Crippen LogP contribution in [0.15, 0.2) is 48.8 Å². The zero-order valence-electron chi connectivity index (χ0n) is 13.4. The highest BCUT2D eigenvalue weighted by molar-refractivity contribution is 5.97. The monoisotopic (exact) mass is 348 g/mol. The normalized spacial score (nSPS) is 16.0. The van der Waals surface area contributed by atoms with E-state index >= 15 is 0 Å². The molecule has 7 heteroatoms. The van der Waals surface area contributed by atoms with E-state index in [1.807, 2.05) is 6.07 Å². The summed E-state index contributed by atoms with van der Waals surface area (Å²) in [6.07, 6.45) is 3.63. The highest BCUT2D eigenvalue weighted by Crippen LogP contribution is 2.44. The first-order valence-electron chi connectivity index (χ1n) is 7.94. The second kappa shape index (κ2) is 6.76. The van der Waals surface area contributed by atoms with Gasteiger partial charge in [-0.3, -0.25) is 9.78 Å². The molecule has 0 saturated heterocycles. The van der Waals surface area contributed by atoms with E-state index in [9.17, 15) is 18.7 Å². The van der Waals surface area contributed by atoms with E-state index in [1.165, 1.54) is 12.1 Å². The van der Waals surface area contributed by atoms with E-state index in [4.69, 9.17) is 4.74 Å². The van der Waals surface area contributed by atoms with Gasteiger partial charge in [0.1, 0.15) is 18.0 Å². The maximum Gasteiger partial charge on any atom is 0.352 e. The van der Waals surface area contributed by atoms with Crippen LogP contribution in [0.2, 0.25) is 0 Å². The van der Waals surface area contributed by atoms with Crippen LogP contribution in [0.4, 0.5) is 14.5 Å². The molecule has 0 radical (unpaired) electrons. The van der Waals surface area contributed by atoms with Crippen LogP contribution in [0.1, 0.15) is 24.8 Å². The molecule has 1 heterocycles. The highest BCUT2D eigenvalue weighted by atomic mass is 19.3. The van der Waals surface area contributed by atoms with Crippen molar-refractivity contribution in [1.29, 1.82) is 0 Å². The maximum absolute atomic E-state index is 14.1. The Morgan fingerprint density at radius 2 is 2.12 bits per heavy atom. The Morgan fingerprint density at radius 3 is 2.76 bits per heavy atom. The summed E-state index contributed by atoms with van der Waals surface area (Å²) in [7, 11) is 0. The Balaban J connectivity index is 1.64. The van der Waals surface area contributed by atoms with Crippen molar-refractivity contribution in [3.63, 3.8) is 0 Å². The molecule has 25 heavy (non-hydrogen) atoms. The third-order valence-corrected chi connectivity index (χ3v) is 4.27. The summed E-state index contributed by atoms with van der Waals surface area (Å²) in [6, 6.07) is 9.81. The molecule has 5 nitrogen and oxygen atoms in total. The average Bonchev–Trinajstić information content (AvgIpc) is 2.59. The van der Waals surface area contributed by atoms with Gasteiger partial charge in [0.15, 0.2) is 0 Å². The van der Waals surface area contributed by atoms with Gasteiger partial charge in [-0.1, -0.05) is 12.1 Å². The fourth-order valence-corrected chi connectivity index (χ4v) is 2.56. The number of nitrogens with one attached hydrogen (secondary N) is 1. The van der Waals surface area contributed by atoms with Crippen LogP contribution in [0, 0.1) is 0 Å². The lowest BCUT2D eigenvalue weighted by Crippen LogP contribution is -2.59. The quantitative estimate of drug-likeness (QED) is 0.841. The summed E-state index contributed by atoms with van der Waals surface area (Å²) >= 11 is 0. The Hall–Kier alpha value is -2.54. The number of nitrogens with zero attached hydrogens (tertiary/aromatic N) is 1. The van der Waals surface area contributed by atoms with E-state index < -0.39 is 17.4 Å². The van der Waals surface area contributed by atoms with E-state index in [0.717, 1.165) is 5.56 Å². The molecular formula is C18H18F2N2O3. The first-order valence-corrected chi connectivity index (χ1v) is 7.94. The number of anilines is 1. The summed E-state index contributed by atoms with van der Waals surface area (Å²) in [5.74, 6) is -4.93. The number of amides is 1. The molecule has 1 amide bonds. The number of hydrogen-bond donors (Lipinski definition) is 2. The molecule has 132 valence electrons. The van der Waals surface area contributed by atoms with Crippen LogP contribution in [0.3, 0.4) is 0 Å². The third-order valence-electron chi connectivity index (χ3n) is 4.27. The van der Waals surface area contributed by atoms with Crippen molar-refractivity contribution >= 4 is 11.6 Å². The Bertz CT molecular complexity index is 749. The zero-order chi connectivity index (χ0) is 17.9. The molecule has 1 fully saturated rings. The molecule has 2 aromatic rings. The van der Waals surface area contributed by atoms with Crippen molar-refractivity contribution < 1.29 is 23.4 Å². The molecule has 3 rings (SSSR count). The number of benzene rings is 1. The molecule has 0 atom stereocenters. The Labute approximate surface area is 143 Å². The minimum atomic E-state index is -3.84. The molecule has 0 unspecified atom stereocenters. The molecule has 1 aromatic carbocycles. The van der Waals surface area contributed by atoms with Gasteiger partial charge in [0, 0.05) is 29.7 Å². The number of rotatable bonds is 6. The molecular weight excluding hydrogens is 330 g/mol. The number of carbonyl (C=O) groups excluding carboxylic acids is 1. The van der Waals surface area contributed by atoms with E-state index in [1.54, 1.807) is 30.6 Å². The largest absolute Gasteiger partial charge is 0.489 e. The molecule has 1 aliphatic rings. The molecule has 1 aliphatic carbocycles. The maximum atomic E-state index is 14.1. The lowest BCUT2D eigenvalue weighted by atomic mass is 9.75. The second-order valence-electron chi connectivity index (χ2n) is 6.09. The van der Waals surface area contributed by atoms with Crippen LogP contribution in [0.5, 0.6) is 5.75 Å². The predicted molar refractivity (Wildman–Crippen MR) is 87.4 cm³/mol. The van der Waals surface area contributed by atoms with Gasteiger partial charge < -0.3 is 15.2 Å². The van der Waals surface area contributed by atoms with Gasteiger partial charge in [0.2, 0.25) is 0 Å². The molecule has 2 N–H and O–H groups in total. The lowest BCUT2D eigenvalue weighted by molar-refractivity contribution is -0.212. The number of alkyl halides is 2. The second-order valence-corrected chi connectivity index (χ2v) is 6.09. The molecule has 0 bridgehead atoms. The van der Waals surface area contributed by atoms with Gasteiger partial charge in [0.25, 0.3) is 5.91 Å². The van der Waals surface area contributed by atoms with Crippen molar-refractivity contribution in [2.45, 2.75) is 37.4 Å². The van der Waals surface area contributed by atoms with Crippen LogP contribution in [-0.2, 0) is 11.4 Å². The molecule has 0 spiro atoms. The number of hydrogen-bond acceptors (Lipinski definition) is 4. The minimum Gasteiger partial charge on any atom is -0.489 e. The van der Waals surface area contributed by atoms with Gasteiger partial charge >= 0.3 is 5.92 Å². The summed E-state index contributed by atoms with van der Waals surface area (Å²) in [6.45, 7) is 0.265. The Morgan fingerprint density at radius 1 is 1.32 bits per heavy atom. The summed E-state index contributed by atoms with van der Waals surface area (Å²) < 4.78 is 33.8. The topological polar surface area (TPSA) is 71.5 Å².